The molecule has 0 bridgehead atoms. The van der Waals surface area contributed by atoms with Crippen LogP contribution < -0.4 is 4.72 Å². The summed E-state index contributed by atoms with van der Waals surface area (Å²) >= 11 is 17.8. The minimum absolute atomic E-state index is 0.0732. The average Bonchev–Trinajstić information content (AvgIpc) is 2.40. The second-order valence-electron chi connectivity index (χ2n) is 4.47. The molecular weight excluding hydrogens is 353 g/mol. The molecule has 0 amide bonds. The number of rotatable bonds is 4. The molecule has 0 unspecified atom stereocenters. The predicted octanol–water partition coefficient (Wildman–Crippen LogP) is 4.43. The topological polar surface area (TPSA) is 46.2 Å². The molecule has 112 valence electrons. The predicted molar refractivity (Wildman–Crippen MR) is 86.7 cm³/mol. The molecule has 0 heterocycles. The van der Waals surface area contributed by atoms with Gasteiger partial charge in [0, 0.05) is 21.6 Å². The molecule has 0 fully saturated rings. The summed E-state index contributed by atoms with van der Waals surface area (Å²) in [7, 11) is -3.65. The van der Waals surface area contributed by atoms with E-state index in [0.717, 1.165) is 5.56 Å². The van der Waals surface area contributed by atoms with Crippen molar-refractivity contribution in [3.8, 4) is 0 Å². The zero-order valence-electron chi connectivity index (χ0n) is 11.0. The quantitative estimate of drug-likeness (QED) is 0.872. The molecule has 0 aliphatic rings. The van der Waals surface area contributed by atoms with Crippen LogP contribution in [0, 0.1) is 6.92 Å². The van der Waals surface area contributed by atoms with Gasteiger partial charge in [-0.1, -0.05) is 46.9 Å². The number of aryl methyl sites for hydroxylation is 1. The van der Waals surface area contributed by atoms with Crippen molar-refractivity contribution in [3.63, 3.8) is 0 Å². The molecule has 0 atom stereocenters. The zero-order valence-corrected chi connectivity index (χ0v) is 14.1. The molecule has 0 aromatic heterocycles. The van der Waals surface area contributed by atoms with Crippen LogP contribution in [-0.4, -0.2) is 8.42 Å². The van der Waals surface area contributed by atoms with E-state index in [9.17, 15) is 8.42 Å². The Bertz CT molecular complexity index is 776. The van der Waals surface area contributed by atoms with Crippen LogP contribution in [0.3, 0.4) is 0 Å². The van der Waals surface area contributed by atoms with Gasteiger partial charge >= 0.3 is 0 Å². The van der Waals surface area contributed by atoms with Crippen LogP contribution in [0.25, 0.3) is 0 Å². The lowest BCUT2D eigenvalue weighted by atomic mass is 10.2. The lowest BCUT2D eigenvalue weighted by Crippen LogP contribution is -2.23. The van der Waals surface area contributed by atoms with Gasteiger partial charge in [0.15, 0.2) is 0 Å². The summed E-state index contributed by atoms with van der Waals surface area (Å²) in [6.07, 6.45) is 0. The van der Waals surface area contributed by atoms with E-state index in [0.29, 0.717) is 20.6 Å². The first-order valence-electron chi connectivity index (χ1n) is 5.99. The SMILES string of the molecule is Cc1ccc(S(=O)(=O)NCc2ccc(Cl)cc2Cl)cc1Cl. The van der Waals surface area contributed by atoms with Crippen molar-refractivity contribution in [1.29, 1.82) is 0 Å². The molecule has 0 radical (unpaired) electrons. The summed E-state index contributed by atoms with van der Waals surface area (Å²) in [6, 6.07) is 9.48. The monoisotopic (exact) mass is 363 g/mol. The van der Waals surface area contributed by atoms with Crippen LogP contribution in [-0.2, 0) is 16.6 Å². The minimum Gasteiger partial charge on any atom is -0.207 e. The standard InChI is InChI=1S/C14H12Cl3NO2S/c1-9-2-5-12(7-13(9)16)21(19,20)18-8-10-3-4-11(15)6-14(10)17/h2-7,18H,8H2,1H3. The highest BCUT2D eigenvalue weighted by Crippen LogP contribution is 2.23. The molecule has 2 rings (SSSR count). The van der Waals surface area contributed by atoms with Crippen LogP contribution in [0.15, 0.2) is 41.3 Å². The fraction of sp³-hybridized carbons (Fsp3) is 0.143. The Morgan fingerprint density at radius 1 is 1.00 bits per heavy atom. The fourth-order valence-corrected chi connectivity index (χ4v) is 3.41. The first-order chi connectivity index (χ1) is 9.79. The van der Waals surface area contributed by atoms with E-state index in [1.54, 1.807) is 31.2 Å². The second-order valence-corrected chi connectivity index (χ2v) is 7.49. The van der Waals surface area contributed by atoms with Gasteiger partial charge in [-0.25, -0.2) is 13.1 Å². The van der Waals surface area contributed by atoms with Crippen LogP contribution in [0.4, 0.5) is 0 Å². The van der Waals surface area contributed by atoms with Crippen LogP contribution in [0.1, 0.15) is 11.1 Å². The highest BCUT2D eigenvalue weighted by Gasteiger charge is 2.15. The van der Waals surface area contributed by atoms with Gasteiger partial charge in [0.2, 0.25) is 10.0 Å². The third-order valence-corrected chi connectivity index (χ3v) is 5.31. The Balaban J connectivity index is 2.19. The number of hydrogen-bond acceptors (Lipinski definition) is 2. The largest absolute Gasteiger partial charge is 0.240 e. The molecule has 7 heteroatoms. The highest BCUT2D eigenvalue weighted by molar-refractivity contribution is 7.89. The van der Waals surface area contributed by atoms with Crippen molar-refractivity contribution < 1.29 is 8.42 Å². The summed E-state index contributed by atoms with van der Waals surface area (Å²) in [6.45, 7) is 1.88. The fourth-order valence-electron chi connectivity index (χ4n) is 1.66. The van der Waals surface area contributed by atoms with Gasteiger partial charge in [0.25, 0.3) is 0 Å². The second kappa shape index (κ2) is 6.55. The van der Waals surface area contributed by atoms with E-state index in [-0.39, 0.29) is 11.4 Å². The maximum atomic E-state index is 12.2. The number of nitrogens with one attached hydrogen (secondary N) is 1. The molecule has 0 spiro atoms. The van der Waals surface area contributed by atoms with Gasteiger partial charge in [-0.3, -0.25) is 0 Å². The van der Waals surface area contributed by atoms with E-state index >= 15 is 0 Å². The molecule has 0 aliphatic heterocycles. The smallest absolute Gasteiger partial charge is 0.207 e. The van der Waals surface area contributed by atoms with Crippen molar-refractivity contribution >= 4 is 44.8 Å². The van der Waals surface area contributed by atoms with Gasteiger partial charge in [-0.15, -0.1) is 0 Å². The van der Waals surface area contributed by atoms with E-state index in [4.69, 9.17) is 34.8 Å². The average molecular weight is 365 g/mol. The molecule has 0 aliphatic carbocycles. The van der Waals surface area contributed by atoms with Crippen molar-refractivity contribution in [2.45, 2.75) is 18.4 Å². The number of hydrogen-bond donors (Lipinski definition) is 1. The summed E-state index contributed by atoms with van der Waals surface area (Å²) in [5.74, 6) is 0. The normalized spacial score (nSPS) is 11.6. The maximum Gasteiger partial charge on any atom is 0.240 e. The molecule has 21 heavy (non-hydrogen) atoms. The maximum absolute atomic E-state index is 12.2. The molecule has 0 saturated heterocycles. The van der Waals surface area contributed by atoms with E-state index in [1.807, 2.05) is 0 Å². The summed E-state index contributed by atoms with van der Waals surface area (Å²) in [5, 5.41) is 1.31. The van der Waals surface area contributed by atoms with Crippen LogP contribution in [0.5, 0.6) is 0 Å². The first-order valence-corrected chi connectivity index (χ1v) is 8.61. The summed E-state index contributed by atoms with van der Waals surface area (Å²) < 4.78 is 26.9. The van der Waals surface area contributed by atoms with Gasteiger partial charge in [0.05, 0.1) is 4.90 Å². The highest BCUT2D eigenvalue weighted by atomic mass is 35.5. The Labute approximate surface area is 138 Å². The van der Waals surface area contributed by atoms with E-state index in [1.165, 1.54) is 12.1 Å². The lowest BCUT2D eigenvalue weighted by molar-refractivity contribution is 0.581. The Morgan fingerprint density at radius 2 is 1.71 bits per heavy atom. The third-order valence-electron chi connectivity index (χ3n) is 2.92. The van der Waals surface area contributed by atoms with Gasteiger partial charge in [-0.2, -0.15) is 0 Å². The lowest BCUT2D eigenvalue weighted by Gasteiger charge is -2.09. The number of halogens is 3. The van der Waals surface area contributed by atoms with Crippen LogP contribution in [0.2, 0.25) is 15.1 Å². The Morgan fingerprint density at radius 3 is 2.33 bits per heavy atom. The molecule has 2 aromatic rings. The molecule has 0 saturated carbocycles. The zero-order chi connectivity index (χ0) is 15.6. The van der Waals surface area contributed by atoms with E-state index in [2.05, 4.69) is 4.72 Å². The van der Waals surface area contributed by atoms with Crippen molar-refractivity contribution in [2.24, 2.45) is 0 Å². The molecule has 3 nitrogen and oxygen atoms in total. The van der Waals surface area contributed by atoms with Crippen molar-refractivity contribution in [3.05, 3.63) is 62.6 Å². The van der Waals surface area contributed by atoms with E-state index < -0.39 is 10.0 Å². The number of sulfonamides is 1. The van der Waals surface area contributed by atoms with Crippen molar-refractivity contribution in [1.82, 2.24) is 4.72 Å². The Hall–Kier alpha value is -0.780. The van der Waals surface area contributed by atoms with Gasteiger partial charge in [0.1, 0.15) is 0 Å². The molecular formula is C14H12Cl3NO2S. The minimum atomic E-state index is -3.65. The summed E-state index contributed by atoms with van der Waals surface area (Å²) in [4.78, 5) is 0.114. The molecule has 1 N–H and O–H groups in total. The number of benzene rings is 2. The molecule has 2 aromatic carbocycles. The third kappa shape index (κ3) is 4.11. The van der Waals surface area contributed by atoms with Gasteiger partial charge < -0.3 is 0 Å². The van der Waals surface area contributed by atoms with Gasteiger partial charge in [-0.05, 0) is 42.3 Å². The Kier molecular flexibility index (Phi) is 5.17. The van der Waals surface area contributed by atoms with Crippen molar-refractivity contribution in [2.75, 3.05) is 0 Å². The first kappa shape index (κ1) is 16.6. The summed E-state index contributed by atoms with van der Waals surface area (Å²) in [5.41, 5.74) is 1.46. The van der Waals surface area contributed by atoms with Crippen LogP contribution >= 0.6 is 34.8 Å².